The SMILES string of the molecule is CCCC12CCC(OC)(CC1)C2. The molecule has 70 valence electrons. The van der Waals surface area contributed by atoms with Gasteiger partial charge in [-0.1, -0.05) is 13.3 Å². The van der Waals surface area contributed by atoms with Crippen molar-refractivity contribution in [1.82, 2.24) is 0 Å². The Labute approximate surface area is 75.5 Å². The van der Waals surface area contributed by atoms with Gasteiger partial charge in [0.2, 0.25) is 0 Å². The van der Waals surface area contributed by atoms with Crippen LogP contribution in [0.1, 0.15) is 51.9 Å². The summed E-state index contributed by atoms with van der Waals surface area (Å²) in [6.45, 7) is 2.31. The lowest BCUT2D eigenvalue weighted by molar-refractivity contribution is -0.000362. The molecule has 1 nitrogen and oxygen atoms in total. The average Bonchev–Trinajstić information content (AvgIpc) is 2.61. The second-order valence-corrected chi connectivity index (χ2v) is 4.81. The maximum atomic E-state index is 5.66. The summed E-state index contributed by atoms with van der Waals surface area (Å²) < 4.78 is 5.66. The molecule has 0 unspecified atom stereocenters. The van der Waals surface area contributed by atoms with Gasteiger partial charge in [0, 0.05) is 7.11 Å². The fraction of sp³-hybridized carbons (Fsp3) is 1.00. The first kappa shape index (κ1) is 8.55. The van der Waals surface area contributed by atoms with Crippen molar-refractivity contribution in [3.63, 3.8) is 0 Å². The van der Waals surface area contributed by atoms with Gasteiger partial charge in [0.25, 0.3) is 0 Å². The zero-order chi connectivity index (χ0) is 8.66. The number of rotatable bonds is 3. The Morgan fingerprint density at radius 2 is 1.83 bits per heavy atom. The van der Waals surface area contributed by atoms with Gasteiger partial charge in [-0.25, -0.2) is 0 Å². The highest BCUT2D eigenvalue weighted by Crippen LogP contribution is 2.59. The fourth-order valence-electron chi connectivity index (χ4n) is 3.42. The quantitative estimate of drug-likeness (QED) is 0.629. The summed E-state index contributed by atoms with van der Waals surface area (Å²) in [7, 11) is 1.90. The van der Waals surface area contributed by atoms with Crippen LogP contribution in [-0.2, 0) is 4.74 Å². The molecule has 2 aliphatic carbocycles. The Bertz CT molecular complexity index is 166. The Kier molecular flexibility index (Phi) is 1.95. The molecule has 1 heteroatoms. The molecule has 0 heterocycles. The summed E-state index contributed by atoms with van der Waals surface area (Å²) in [6, 6.07) is 0. The monoisotopic (exact) mass is 168 g/mol. The van der Waals surface area contributed by atoms with Crippen molar-refractivity contribution in [3.05, 3.63) is 0 Å². The van der Waals surface area contributed by atoms with Gasteiger partial charge in [0.1, 0.15) is 0 Å². The molecule has 2 fully saturated rings. The minimum Gasteiger partial charge on any atom is -0.378 e. The lowest BCUT2D eigenvalue weighted by Crippen LogP contribution is -2.24. The molecule has 0 spiro atoms. The number of hydrogen-bond donors (Lipinski definition) is 0. The van der Waals surface area contributed by atoms with Crippen molar-refractivity contribution in [2.45, 2.75) is 57.5 Å². The molecule has 2 rings (SSSR count). The van der Waals surface area contributed by atoms with E-state index in [-0.39, 0.29) is 0 Å². The molecule has 0 atom stereocenters. The molecule has 0 aromatic heterocycles. The Balaban J connectivity index is 2.07. The third-order valence-electron chi connectivity index (χ3n) is 4.13. The van der Waals surface area contributed by atoms with E-state index >= 15 is 0 Å². The van der Waals surface area contributed by atoms with Gasteiger partial charge in [0.15, 0.2) is 0 Å². The van der Waals surface area contributed by atoms with E-state index in [0.29, 0.717) is 11.0 Å². The van der Waals surface area contributed by atoms with Gasteiger partial charge in [-0.3, -0.25) is 0 Å². The minimum absolute atomic E-state index is 0.315. The van der Waals surface area contributed by atoms with Gasteiger partial charge >= 0.3 is 0 Å². The maximum absolute atomic E-state index is 5.66. The lowest BCUT2D eigenvalue weighted by atomic mass is 9.80. The number of hydrogen-bond acceptors (Lipinski definition) is 1. The van der Waals surface area contributed by atoms with E-state index in [1.54, 1.807) is 0 Å². The van der Waals surface area contributed by atoms with Gasteiger partial charge in [-0.15, -0.1) is 0 Å². The number of methoxy groups -OCH3 is 1. The molecule has 0 radical (unpaired) electrons. The van der Waals surface area contributed by atoms with E-state index in [1.807, 2.05) is 7.11 Å². The molecule has 0 saturated heterocycles. The van der Waals surface area contributed by atoms with E-state index in [2.05, 4.69) is 6.92 Å². The number of ether oxygens (including phenoxy) is 1. The molecular formula is C11H20O. The van der Waals surface area contributed by atoms with Crippen LogP contribution in [0.4, 0.5) is 0 Å². The van der Waals surface area contributed by atoms with E-state index in [1.165, 1.54) is 44.9 Å². The van der Waals surface area contributed by atoms with Crippen molar-refractivity contribution >= 4 is 0 Å². The van der Waals surface area contributed by atoms with Gasteiger partial charge < -0.3 is 4.74 Å². The summed E-state index contributed by atoms with van der Waals surface area (Å²) in [5, 5.41) is 0. The van der Waals surface area contributed by atoms with Crippen LogP contribution in [0.2, 0.25) is 0 Å². The molecule has 12 heavy (non-hydrogen) atoms. The normalized spacial score (nSPS) is 45.5. The molecule has 2 bridgehead atoms. The van der Waals surface area contributed by atoms with Gasteiger partial charge in [-0.2, -0.15) is 0 Å². The van der Waals surface area contributed by atoms with Gasteiger partial charge in [-0.05, 0) is 43.9 Å². The summed E-state index contributed by atoms with van der Waals surface area (Å²) in [5.41, 5.74) is 1.01. The summed E-state index contributed by atoms with van der Waals surface area (Å²) >= 11 is 0. The smallest absolute Gasteiger partial charge is 0.0684 e. The van der Waals surface area contributed by atoms with Crippen molar-refractivity contribution in [1.29, 1.82) is 0 Å². The summed E-state index contributed by atoms with van der Waals surface area (Å²) in [5.74, 6) is 0. The number of fused-ring (bicyclic) bond motifs is 2. The first-order valence-electron chi connectivity index (χ1n) is 5.29. The van der Waals surface area contributed by atoms with Crippen LogP contribution < -0.4 is 0 Å². The second kappa shape index (κ2) is 2.73. The summed E-state index contributed by atoms with van der Waals surface area (Å²) in [6.07, 6.45) is 9.62. The van der Waals surface area contributed by atoms with Crippen molar-refractivity contribution in [3.8, 4) is 0 Å². The van der Waals surface area contributed by atoms with E-state index in [9.17, 15) is 0 Å². The van der Waals surface area contributed by atoms with Gasteiger partial charge in [0.05, 0.1) is 5.60 Å². The van der Waals surface area contributed by atoms with Crippen molar-refractivity contribution < 1.29 is 4.74 Å². The fourth-order valence-corrected chi connectivity index (χ4v) is 3.42. The van der Waals surface area contributed by atoms with Crippen LogP contribution in [0, 0.1) is 5.41 Å². The van der Waals surface area contributed by atoms with Crippen LogP contribution >= 0.6 is 0 Å². The maximum Gasteiger partial charge on any atom is 0.0684 e. The van der Waals surface area contributed by atoms with Crippen LogP contribution in [0.25, 0.3) is 0 Å². The predicted octanol–water partition coefficient (Wildman–Crippen LogP) is 3.14. The van der Waals surface area contributed by atoms with Crippen LogP contribution in [0.5, 0.6) is 0 Å². The zero-order valence-corrected chi connectivity index (χ0v) is 8.36. The third-order valence-corrected chi connectivity index (χ3v) is 4.13. The molecule has 2 aliphatic rings. The molecule has 0 amide bonds. The third kappa shape index (κ3) is 1.10. The highest BCUT2D eigenvalue weighted by molar-refractivity contribution is 5.05. The topological polar surface area (TPSA) is 9.23 Å². The second-order valence-electron chi connectivity index (χ2n) is 4.81. The van der Waals surface area contributed by atoms with Crippen LogP contribution in [0.15, 0.2) is 0 Å². The van der Waals surface area contributed by atoms with Crippen molar-refractivity contribution in [2.24, 2.45) is 5.41 Å². The molecule has 0 aromatic carbocycles. The molecule has 0 aliphatic heterocycles. The minimum atomic E-state index is 0.315. The molecule has 0 aromatic rings. The zero-order valence-electron chi connectivity index (χ0n) is 8.36. The molecule has 2 saturated carbocycles. The Morgan fingerprint density at radius 1 is 1.17 bits per heavy atom. The highest BCUT2D eigenvalue weighted by atomic mass is 16.5. The first-order chi connectivity index (χ1) is 5.74. The lowest BCUT2D eigenvalue weighted by Gasteiger charge is -2.26. The highest BCUT2D eigenvalue weighted by Gasteiger charge is 2.53. The summed E-state index contributed by atoms with van der Waals surface area (Å²) in [4.78, 5) is 0. The van der Waals surface area contributed by atoms with Crippen LogP contribution in [0.3, 0.4) is 0 Å². The van der Waals surface area contributed by atoms with E-state index in [0.717, 1.165) is 0 Å². The van der Waals surface area contributed by atoms with E-state index < -0.39 is 0 Å². The van der Waals surface area contributed by atoms with E-state index in [4.69, 9.17) is 4.74 Å². The largest absolute Gasteiger partial charge is 0.378 e. The standard InChI is InChI=1S/C11H20O/c1-3-4-10-5-7-11(9-10,12-2)8-6-10/h3-9H2,1-2H3. The predicted molar refractivity (Wildman–Crippen MR) is 50.2 cm³/mol. The van der Waals surface area contributed by atoms with Crippen LogP contribution in [-0.4, -0.2) is 12.7 Å². The van der Waals surface area contributed by atoms with Crippen molar-refractivity contribution in [2.75, 3.05) is 7.11 Å². The average molecular weight is 168 g/mol. The molecule has 0 N–H and O–H groups in total. The first-order valence-corrected chi connectivity index (χ1v) is 5.29. The molecular weight excluding hydrogens is 148 g/mol. The Morgan fingerprint density at radius 3 is 2.25 bits per heavy atom. The Hall–Kier alpha value is -0.0400.